The summed E-state index contributed by atoms with van der Waals surface area (Å²) in [6.07, 6.45) is 2.47. The lowest BCUT2D eigenvalue weighted by Crippen LogP contribution is -2.36. The van der Waals surface area contributed by atoms with Crippen molar-refractivity contribution in [2.24, 2.45) is 17.8 Å². The van der Waals surface area contributed by atoms with E-state index in [1.807, 2.05) is 4.90 Å². The number of fused-ring (bicyclic) bond motifs is 2. The third kappa shape index (κ3) is 2.68. The fourth-order valence-corrected chi connectivity index (χ4v) is 3.76. The smallest absolute Gasteiger partial charge is 0.226 e. The Morgan fingerprint density at radius 1 is 1.30 bits per heavy atom. The maximum absolute atomic E-state index is 12.7. The Bertz CT molecular complexity index is 604. The monoisotopic (exact) mass is 318 g/mol. The number of carbonyl (C=O) groups excluding carboxylic acids is 1. The molecule has 3 aliphatic rings. The normalized spacial score (nSPS) is 28.9. The first-order valence-electron chi connectivity index (χ1n) is 8.25. The van der Waals surface area contributed by atoms with E-state index >= 15 is 0 Å². The molecule has 0 bridgehead atoms. The predicted molar refractivity (Wildman–Crippen MR) is 81.4 cm³/mol. The van der Waals surface area contributed by atoms with Gasteiger partial charge in [0.15, 0.2) is 5.82 Å². The quantitative estimate of drug-likeness (QED) is 0.575. The highest BCUT2D eigenvalue weighted by Crippen LogP contribution is 2.51. The fraction of sp³-hybridized carbons (Fsp3) is 0.688. The maximum atomic E-state index is 12.7. The van der Waals surface area contributed by atoms with Crippen LogP contribution in [-0.2, 0) is 33.8 Å². The lowest BCUT2D eigenvalue weighted by molar-refractivity contribution is -0.134. The van der Waals surface area contributed by atoms with E-state index < -0.39 is 0 Å². The maximum Gasteiger partial charge on any atom is 0.226 e. The molecule has 2 aliphatic heterocycles. The number of nitrogens with zero attached hydrogens (tertiary/aromatic N) is 4. The zero-order valence-electron chi connectivity index (χ0n) is 13.2. The molecule has 7 heteroatoms. The van der Waals surface area contributed by atoms with Gasteiger partial charge in [-0.15, -0.1) is 16.8 Å². The van der Waals surface area contributed by atoms with Crippen LogP contribution in [0.5, 0.6) is 0 Å². The molecule has 1 aromatic heterocycles. The first kappa shape index (κ1) is 14.8. The molecule has 1 aromatic rings. The number of carbonyl (C=O) groups is 1. The lowest BCUT2D eigenvalue weighted by atomic mass is 10.2. The number of rotatable bonds is 5. The Hall–Kier alpha value is -1.73. The lowest BCUT2D eigenvalue weighted by Gasteiger charge is -2.21. The summed E-state index contributed by atoms with van der Waals surface area (Å²) in [6.45, 7) is 8.25. The molecule has 1 amide bonds. The molecule has 4 rings (SSSR count). The van der Waals surface area contributed by atoms with E-state index in [0.29, 0.717) is 31.0 Å². The Labute approximate surface area is 135 Å². The van der Waals surface area contributed by atoms with Crippen molar-refractivity contribution in [2.75, 3.05) is 32.9 Å². The number of amides is 1. The van der Waals surface area contributed by atoms with Crippen LogP contribution in [-0.4, -0.2) is 58.5 Å². The standard InChI is InChI=1S/C16H22N4O3/c1-2-7-22-10-14-18-17-13-3-4-19(5-6-20(13)14)16(21)15-11-8-23-9-12(11)15/h2,11-12,15H,1,3-10H2/t11-,12+,15?. The van der Waals surface area contributed by atoms with Crippen LogP contribution in [0.25, 0.3) is 0 Å². The third-order valence-corrected chi connectivity index (χ3v) is 5.12. The molecule has 0 aromatic carbocycles. The van der Waals surface area contributed by atoms with E-state index in [2.05, 4.69) is 21.3 Å². The van der Waals surface area contributed by atoms with Gasteiger partial charge < -0.3 is 18.9 Å². The average Bonchev–Trinajstić information content (AvgIpc) is 2.90. The van der Waals surface area contributed by atoms with Gasteiger partial charge in [-0.3, -0.25) is 4.79 Å². The van der Waals surface area contributed by atoms with Crippen molar-refractivity contribution in [2.45, 2.75) is 19.6 Å². The first-order valence-corrected chi connectivity index (χ1v) is 8.25. The molecule has 0 spiro atoms. The average molecular weight is 318 g/mol. The minimum Gasteiger partial charge on any atom is -0.381 e. The summed E-state index contributed by atoms with van der Waals surface area (Å²) in [5, 5.41) is 8.46. The Balaban J connectivity index is 1.38. The van der Waals surface area contributed by atoms with Gasteiger partial charge in [0.2, 0.25) is 5.91 Å². The van der Waals surface area contributed by atoms with Crippen molar-refractivity contribution in [1.29, 1.82) is 0 Å². The van der Waals surface area contributed by atoms with Crippen LogP contribution in [0, 0.1) is 17.8 Å². The van der Waals surface area contributed by atoms with Crippen molar-refractivity contribution in [3.05, 3.63) is 24.3 Å². The number of ether oxygens (including phenoxy) is 2. The molecule has 3 heterocycles. The van der Waals surface area contributed by atoms with Gasteiger partial charge in [0.25, 0.3) is 0 Å². The van der Waals surface area contributed by atoms with Gasteiger partial charge in [-0.2, -0.15) is 0 Å². The fourth-order valence-electron chi connectivity index (χ4n) is 3.76. The molecular weight excluding hydrogens is 296 g/mol. The Morgan fingerprint density at radius 2 is 2.13 bits per heavy atom. The highest BCUT2D eigenvalue weighted by molar-refractivity contribution is 5.82. The molecule has 1 aliphatic carbocycles. The summed E-state index contributed by atoms with van der Waals surface area (Å²) < 4.78 is 12.9. The summed E-state index contributed by atoms with van der Waals surface area (Å²) in [6, 6.07) is 0. The second-order valence-corrected chi connectivity index (χ2v) is 6.45. The van der Waals surface area contributed by atoms with Crippen LogP contribution in [0.4, 0.5) is 0 Å². The number of hydrogen-bond donors (Lipinski definition) is 0. The van der Waals surface area contributed by atoms with Crippen LogP contribution in [0.1, 0.15) is 11.6 Å². The zero-order chi connectivity index (χ0) is 15.8. The third-order valence-electron chi connectivity index (χ3n) is 5.12. The van der Waals surface area contributed by atoms with E-state index in [-0.39, 0.29) is 5.92 Å². The van der Waals surface area contributed by atoms with E-state index in [1.54, 1.807) is 6.08 Å². The van der Waals surface area contributed by atoms with Crippen molar-refractivity contribution < 1.29 is 14.3 Å². The van der Waals surface area contributed by atoms with E-state index in [0.717, 1.165) is 50.9 Å². The Morgan fingerprint density at radius 3 is 2.91 bits per heavy atom. The van der Waals surface area contributed by atoms with Crippen LogP contribution in [0.15, 0.2) is 12.7 Å². The first-order chi connectivity index (χ1) is 11.3. The van der Waals surface area contributed by atoms with Gasteiger partial charge >= 0.3 is 0 Å². The van der Waals surface area contributed by atoms with Gasteiger partial charge in [-0.1, -0.05) is 6.08 Å². The summed E-state index contributed by atoms with van der Waals surface area (Å²) in [5.41, 5.74) is 0. The summed E-state index contributed by atoms with van der Waals surface area (Å²) >= 11 is 0. The summed E-state index contributed by atoms with van der Waals surface area (Å²) in [4.78, 5) is 14.7. The van der Waals surface area contributed by atoms with Crippen LogP contribution >= 0.6 is 0 Å². The second kappa shape index (κ2) is 6.05. The van der Waals surface area contributed by atoms with Gasteiger partial charge in [0.1, 0.15) is 12.4 Å². The van der Waals surface area contributed by atoms with Crippen LogP contribution < -0.4 is 0 Å². The van der Waals surface area contributed by atoms with Gasteiger partial charge in [-0.25, -0.2) is 0 Å². The SMILES string of the molecule is C=CCOCc1nnc2n1CCN(C(=O)C1[C@H]3COC[C@@H]13)CC2. The topological polar surface area (TPSA) is 69.5 Å². The summed E-state index contributed by atoms with van der Waals surface area (Å²) in [5.74, 6) is 3.19. The number of hydrogen-bond acceptors (Lipinski definition) is 5. The Kier molecular flexibility index (Phi) is 3.90. The highest BCUT2D eigenvalue weighted by atomic mass is 16.5. The van der Waals surface area contributed by atoms with Crippen molar-refractivity contribution >= 4 is 5.91 Å². The molecule has 1 saturated heterocycles. The molecule has 3 atom stereocenters. The van der Waals surface area contributed by atoms with Gasteiger partial charge in [0.05, 0.1) is 19.8 Å². The summed E-state index contributed by atoms with van der Waals surface area (Å²) in [7, 11) is 0. The molecule has 1 saturated carbocycles. The van der Waals surface area contributed by atoms with Crippen molar-refractivity contribution in [3.63, 3.8) is 0 Å². The minimum absolute atomic E-state index is 0.197. The second-order valence-electron chi connectivity index (χ2n) is 6.45. The molecule has 23 heavy (non-hydrogen) atoms. The molecule has 7 nitrogen and oxygen atoms in total. The molecule has 1 unspecified atom stereocenters. The predicted octanol–water partition coefficient (Wildman–Crippen LogP) is 0.258. The zero-order valence-corrected chi connectivity index (χ0v) is 13.2. The number of aromatic nitrogens is 3. The van der Waals surface area contributed by atoms with E-state index in [9.17, 15) is 4.79 Å². The molecule has 2 fully saturated rings. The van der Waals surface area contributed by atoms with Gasteiger partial charge in [-0.05, 0) is 11.8 Å². The molecular formula is C16H22N4O3. The minimum atomic E-state index is 0.197. The molecule has 0 N–H and O–H groups in total. The largest absolute Gasteiger partial charge is 0.381 e. The van der Waals surface area contributed by atoms with Crippen molar-refractivity contribution in [3.8, 4) is 0 Å². The van der Waals surface area contributed by atoms with Crippen LogP contribution in [0.3, 0.4) is 0 Å². The highest BCUT2D eigenvalue weighted by Gasteiger charge is 2.58. The molecule has 0 radical (unpaired) electrons. The van der Waals surface area contributed by atoms with Crippen molar-refractivity contribution in [1.82, 2.24) is 19.7 Å². The van der Waals surface area contributed by atoms with Crippen LogP contribution in [0.2, 0.25) is 0 Å². The van der Waals surface area contributed by atoms with E-state index in [1.165, 1.54) is 0 Å². The van der Waals surface area contributed by atoms with Gasteiger partial charge in [0, 0.05) is 32.0 Å². The molecule has 124 valence electrons. The van der Waals surface area contributed by atoms with E-state index in [4.69, 9.17) is 9.47 Å².